The lowest BCUT2D eigenvalue weighted by Gasteiger charge is -2.34. The molecule has 0 bridgehead atoms. The van der Waals surface area contributed by atoms with Gasteiger partial charge in [-0.2, -0.15) is 0 Å². The van der Waals surface area contributed by atoms with Gasteiger partial charge in [0.2, 0.25) is 0 Å². The minimum atomic E-state index is -0.364. The molecule has 0 unspecified atom stereocenters. The quantitative estimate of drug-likeness (QED) is 0.569. The number of halogens is 1. The molecule has 0 saturated carbocycles. The second-order valence-corrected chi connectivity index (χ2v) is 8.83. The Balaban J connectivity index is 1.34. The number of nitrogens with one attached hydrogen (secondary N) is 1. The number of carbonyl (C=O) groups excluding carboxylic acids is 2. The summed E-state index contributed by atoms with van der Waals surface area (Å²) in [6.45, 7) is 2.85. The SMILES string of the molecule is CN(C)C(=O)c1ccc(N2CCC(CCCNC(=O)OCc3ccccc3)CC2)cc1Cl. The van der Waals surface area contributed by atoms with Crippen molar-refractivity contribution in [2.24, 2.45) is 5.92 Å². The highest BCUT2D eigenvalue weighted by Gasteiger charge is 2.21. The molecule has 1 aliphatic rings. The number of carbonyl (C=O) groups is 2. The zero-order valence-electron chi connectivity index (χ0n) is 18.9. The number of anilines is 1. The molecule has 1 fully saturated rings. The fourth-order valence-electron chi connectivity index (χ4n) is 3.95. The fourth-order valence-corrected chi connectivity index (χ4v) is 4.21. The third-order valence-electron chi connectivity index (χ3n) is 5.84. The van der Waals surface area contributed by atoms with E-state index in [-0.39, 0.29) is 12.0 Å². The summed E-state index contributed by atoms with van der Waals surface area (Å²) in [4.78, 5) is 27.8. The Bertz CT molecular complexity index is 897. The molecule has 1 N–H and O–H groups in total. The molecule has 2 amide bonds. The van der Waals surface area contributed by atoms with E-state index in [2.05, 4.69) is 10.2 Å². The van der Waals surface area contributed by atoms with Crippen LogP contribution in [0.4, 0.5) is 10.5 Å². The number of piperidine rings is 1. The predicted molar refractivity (Wildman–Crippen MR) is 128 cm³/mol. The maximum Gasteiger partial charge on any atom is 0.407 e. The Morgan fingerprint density at radius 1 is 1.12 bits per heavy atom. The molecule has 7 heteroatoms. The highest BCUT2D eigenvalue weighted by molar-refractivity contribution is 6.34. The van der Waals surface area contributed by atoms with Gasteiger partial charge >= 0.3 is 6.09 Å². The van der Waals surface area contributed by atoms with Gasteiger partial charge in [-0.3, -0.25) is 4.79 Å². The van der Waals surface area contributed by atoms with Gasteiger partial charge in [-0.25, -0.2) is 4.79 Å². The van der Waals surface area contributed by atoms with Crippen molar-refractivity contribution in [2.75, 3.05) is 38.6 Å². The van der Waals surface area contributed by atoms with Gasteiger partial charge in [0.05, 0.1) is 10.6 Å². The summed E-state index contributed by atoms with van der Waals surface area (Å²) >= 11 is 6.36. The minimum absolute atomic E-state index is 0.0854. The molecule has 2 aromatic rings. The first-order valence-electron chi connectivity index (χ1n) is 11.1. The molecule has 0 aromatic heterocycles. The van der Waals surface area contributed by atoms with Crippen LogP contribution in [0.3, 0.4) is 0 Å². The number of ether oxygens (including phenoxy) is 1. The molecular formula is C25H32ClN3O3. The molecule has 3 rings (SSSR count). The first kappa shape index (κ1) is 23.9. The van der Waals surface area contributed by atoms with Crippen molar-refractivity contribution in [3.05, 3.63) is 64.7 Å². The number of alkyl carbamates (subject to hydrolysis) is 1. The van der Waals surface area contributed by atoms with Crippen LogP contribution >= 0.6 is 11.6 Å². The van der Waals surface area contributed by atoms with Crippen molar-refractivity contribution in [2.45, 2.75) is 32.3 Å². The van der Waals surface area contributed by atoms with Crippen molar-refractivity contribution in [3.8, 4) is 0 Å². The van der Waals surface area contributed by atoms with E-state index in [0.29, 0.717) is 29.7 Å². The third-order valence-corrected chi connectivity index (χ3v) is 6.15. The predicted octanol–water partition coefficient (Wildman–Crippen LogP) is 4.96. The van der Waals surface area contributed by atoms with Crippen LogP contribution in [-0.4, -0.2) is 50.6 Å². The van der Waals surface area contributed by atoms with Crippen LogP contribution in [0.5, 0.6) is 0 Å². The first-order chi connectivity index (χ1) is 15.4. The van der Waals surface area contributed by atoms with Crippen molar-refractivity contribution in [1.82, 2.24) is 10.2 Å². The summed E-state index contributed by atoms with van der Waals surface area (Å²) in [7, 11) is 3.45. The number of nitrogens with zero attached hydrogens (tertiary/aromatic N) is 2. The van der Waals surface area contributed by atoms with E-state index in [9.17, 15) is 9.59 Å². The number of hydrogen-bond donors (Lipinski definition) is 1. The van der Waals surface area contributed by atoms with Crippen LogP contribution in [0.25, 0.3) is 0 Å². The summed E-state index contributed by atoms with van der Waals surface area (Å²) in [6, 6.07) is 15.4. The average Bonchev–Trinajstić information content (AvgIpc) is 2.81. The normalized spacial score (nSPS) is 14.2. The Kier molecular flexibility index (Phi) is 8.80. The molecular weight excluding hydrogens is 426 g/mol. The molecule has 1 aliphatic heterocycles. The Morgan fingerprint density at radius 3 is 2.50 bits per heavy atom. The minimum Gasteiger partial charge on any atom is -0.445 e. The van der Waals surface area contributed by atoms with Gasteiger partial charge in [0.1, 0.15) is 6.61 Å². The lowest BCUT2D eigenvalue weighted by molar-refractivity contribution is 0.0827. The van der Waals surface area contributed by atoms with E-state index in [1.165, 1.54) is 4.90 Å². The summed E-state index contributed by atoms with van der Waals surface area (Å²) in [5.41, 5.74) is 2.58. The summed E-state index contributed by atoms with van der Waals surface area (Å²) in [6.07, 6.45) is 3.88. The summed E-state index contributed by atoms with van der Waals surface area (Å²) in [5.74, 6) is 0.566. The highest BCUT2D eigenvalue weighted by Crippen LogP contribution is 2.29. The smallest absolute Gasteiger partial charge is 0.407 e. The number of amides is 2. The van der Waals surface area contributed by atoms with Gasteiger partial charge in [0.25, 0.3) is 5.91 Å². The highest BCUT2D eigenvalue weighted by atomic mass is 35.5. The van der Waals surface area contributed by atoms with E-state index >= 15 is 0 Å². The Hall–Kier alpha value is -2.73. The van der Waals surface area contributed by atoms with Gasteiger partial charge in [-0.1, -0.05) is 41.9 Å². The summed E-state index contributed by atoms with van der Waals surface area (Å²) < 4.78 is 5.24. The van der Waals surface area contributed by atoms with Gasteiger partial charge in [0.15, 0.2) is 0 Å². The number of hydrogen-bond acceptors (Lipinski definition) is 4. The molecule has 32 heavy (non-hydrogen) atoms. The molecule has 6 nitrogen and oxygen atoms in total. The van der Waals surface area contributed by atoms with Crippen LogP contribution in [0, 0.1) is 5.92 Å². The van der Waals surface area contributed by atoms with E-state index in [0.717, 1.165) is 50.0 Å². The second-order valence-electron chi connectivity index (χ2n) is 8.42. The fraction of sp³-hybridized carbons (Fsp3) is 0.440. The lowest BCUT2D eigenvalue weighted by Crippen LogP contribution is -2.34. The first-order valence-corrected chi connectivity index (χ1v) is 11.5. The lowest BCUT2D eigenvalue weighted by atomic mass is 9.92. The maximum atomic E-state index is 12.2. The third kappa shape index (κ3) is 6.89. The standard InChI is InChI=1S/C25H32ClN3O3/c1-28(2)24(30)22-11-10-21(17-23(22)26)29-15-12-19(13-16-29)9-6-14-27-25(31)32-18-20-7-4-3-5-8-20/h3-5,7-8,10-11,17,19H,6,9,12-16,18H2,1-2H3,(H,27,31). The Labute approximate surface area is 195 Å². The van der Waals surface area contributed by atoms with Crippen molar-refractivity contribution >= 4 is 29.3 Å². The van der Waals surface area contributed by atoms with Crippen molar-refractivity contribution in [3.63, 3.8) is 0 Å². The number of rotatable bonds is 8. The van der Waals surface area contributed by atoms with Gasteiger partial charge in [0, 0.05) is 39.4 Å². The number of benzene rings is 2. The largest absolute Gasteiger partial charge is 0.445 e. The van der Waals surface area contributed by atoms with E-state index in [4.69, 9.17) is 16.3 Å². The van der Waals surface area contributed by atoms with Gasteiger partial charge < -0.3 is 19.9 Å². The van der Waals surface area contributed by atoms with Crippen LogP contribution < -0.4 is 10.2 Å². The second kappa shape index (κ2) is 11.8. The Morgan fingerprint density at radius 2 is 1.84 bits per heavy atom. The molecule has 0 spiro atoms. The maximum absolute atomic E-state index is 12.2. The molecule has 1 heterocycles. The molecule has 0 aliphatic carbocycles. The van der Waals surface area contributed by atoms with Gasteiger partial charge in [-0.15, -0.1) is 0 Å². The molecule has 172 valence electrons. The van der Waals surface area contributed by atoms with E-state index in [1.807, 2.05) is 48.5 Å². The molecule has 0 radical (unpaired) electrons. The zero-order chi connectivity index (χ0) is 22.9. The van der Waals surface area contributed by atoms with Crippen molar-refractivity contribution in [1.29, 1.82) is 0 Å². The topological polar surface area (TPSA) is 61.9 Å². The van der Waals surface area contributed by atoms with E-state index in [1.54, 1.807) is 14.1 Å². The molecule has 1 saturated heterocycles. The van der Waals surface area contributed by atoms with Crippen LogP contribution in [0.2, 0.25) is 5.02 Å². The monoisotopic (exact) mass is 457 g/mol. The molecule has 2 aromatic carbocycles. The van der Waals surface area contributed by atoms with Crippen LogP contribution in [0.1, 0.15) is 41.6 Å². The summed E-state index contributed by atoms with van der Waals surface area (Å²) in [5, 5.41) is 3.33. The molecule has 0 atom stereocenters. The van der Waals surface area contributed by atoms with Gasteiger partial charge in [-0.05, 0) is 55.4 Å². The van der Waals surface area contributed by atoms with E-state index < -0.39 is 0 Å². The average molecular weight is 458 g/mol. The zero-order valence-corrected chi connectivity index (χ0v) is 19.6. The van der Waals surface area contributed by atoms with Crippen molar-refractivity contribution < 1.29 is 14.3 Å². The van der Waals surface area contributed by atoms with Crippen LogP contribution in [-0.2, 0) is 11.3 Å². The van der Waals surface area contributed by atoms with Crippen LogP contribution in [0.15, 0.2) is 48.5 Å².